The SMILES string of the molecule is C[C@@H](OC(=O)CCCNS(=O)(=O)c1ccc2ccccc2c1)C(=O)NC1CC1. The molecule has 1 atom stereocenters. The number of carbonyl (C=O) groups is 2. The zero-order valence-corrected chi connectivity index (χ0v) is 16.5. The predicted octanol–water partition coefficient (Wildman–Crippen LogP) is 2.11. The first kappa shape index (κ1) is 20.3. The Morgan fingerprint density at radius 3 is 2.57 bits per heavy atom. The van der Waals surface area contributed by atoms with Crippen molar-refractivity contribution in [2.75, 3.05) is 6.54 Å². The van der Waals surface area contributed by atoms with Gasteiger partial charge in [0.1, 0.15) is 0 Å². The molecule has 8 heteroatoms. The van der Waals surface area contributed by atoms with Crippen LogP contribution in [-0.4, -0.2) is 39.0 Å². The minimum atomic E-state index is -3.66. The molecule has 1 aliphatic rings. The molecule has 2 N–H and O–H groups in total. The van der Waals surface area contributed by atoms with Crippen LogP contribution in [0.3, 0.4) is 0 Å². The van der Waals surface area contributed by atoms with E-state index in [0.29, 0.717) is 0 Å². The van der Waals surface area contributed by atoms with Crippen LogP contribution in [-0.2, 0) is 24.3 Å². The fraction of sp³-hybridized carbons (Fsp3) is 0.400. The Kier molecular flexibility index (Phi) is 6.31. The lowest BCUT2D eigenvalue weighted by molar-refractivity contribution is -0.154. The number of hydrogen-bond acceptors (Lipinski definition) is 5. The van der Waals surface area contributed by atoms with Crippen molar-refractivity contribution in [3.8, 4) is 0 Å². The zero-order chi connectivity index (χ0) is 20.1. The number of rotatable bonds is 9. The highest BCUT2D eigenvalue weighted by molar-refractivity contribution is 7.89. The van der Waals surface area contributed by atoms with Gasteiger partial charge in [-0.15, -0.1) is 0 Å². The van der Waals surface area contributed by atoms with E-state index < -0.39 is 22.1 Å². The van der Waals surface area contributed by atoms with Gasteiger partial charge in [-0.1, -0.05) is 30.3 Å². The lowest BCUT2D eigenvalue weighted by Crippen LogP contribution is -2.37. The number of hydrogen-bond donors (Lipinski definition) is 2. The summed E-state index contributed by atoms with van der Waals surface area (Å²) < 4.78 is 32.4. The lowest BCUT2D eigenvalue weighted by Gasteiger charge is -2.13. The van der Waals surface area contributed by atoms with Crippen molar-refractivity contribution in [2.24, 2.45) is 0 Å². The molecule has 2 aromatic carbocycles. The predicted molar refractivity (Wildman–Crippen MR) is 105 cm³/mol. The highest BCUT2D eigenvalue weighted by Gasteiger charge is 2.27. The molecule has 7 nitrogen and oxygen atoms in total. The van der Waals surface area contributed by atoms with E-state index in [2.05, 4.69) is 10.0 Å². The molecule has 28 heavy (non-hydrogen) atoms. The van der Waals surface area contributed by atoms with Gasteiger partial charge in [0, 0.05) is 19.0 Å². The van der Waals surface area contributed by atoms with Crippen molar-refractivity contribution < 1.29 is 22.7 Å². The molecule has 0 saturated heterocycles. The van der Waals surface area contributed by atoms with Crippen LogP contribution in [0.15, 0.2) is 47.4 Å². The van der Waals surface area contributed by atoms with Gasteiger partial charge in [-0.25, -0.2) is 13.1 Å². The third-order valence-corrected chi connectivity index (χ3v) is 5.94. The summed E-state index contributed by atoms with van der Waals surface area (Å²) in [5, 5.41) is 4.57. The van der Waals surface area contributed by atoms with E-state index in [0.717, 1.165) is 23.6 Å². The van der Waals surface area contributed by atoms with Crippen LogP contribution >= 0.6 is 0 Å². The first-order chi connectivity index (χ1) is 13.3. The number of ether oxygens (including phenoxy) is 1. The molecule has 1 saturated carbocycles. The maximum Gasteiger partial charge on any atom is 0.306 e. The van der Waals surface area contributed by atoms with Gasteiger partial charge >= 0.3 is 5.97 Å². The van der Waals surface area contributed by atoms with Crippen LogP contribution in [0.4, 0.5) is 0 Å². The average molecular weight is 404 g/mol. The lowest BCUT2D eigenvalue weighted by atomic mass is 10.1. The van der Waals surface area contributed by atoms with Crippen molar-refractivity contribution in [3.05, 3.63) is 42.5 Å². The molecule has 0 bridgehead atoms. The summed E-state index contributed by atoms with van der Waals surface area (Å²) in [5.41, 5.74) is 0. The Morgan fingerprint density at radius 2 is 1.86 bits per heavy atom. The highest BCUT2D eigenvalue weighted by atomic mass is 32.2. The summed E-state index contributed by atoms with van der Waals surface area (Å²) in [6.45, 7) is 1.63. The van der Waals surface area contributed by atoms with Crippen molar-refractivity contribution in [1.82, 2.24) is 10.0 Å². The summed E-state index contributed by atoms with van der Waals surface area (Å²) in [7, 11) is -3.66. The van der Waals surface area contributed by atoms with Gasteiger partial charge < -0.3 is 10.1 Å². The second kappa shape index (κ2) is 8.70. The first-order valence-corrected chi connectivity index (χ1v) is 10.8. The molecule has 1 fully saturated rings. The van der Waals surface area contributed by atoms with E-state index in [1.165, 1.54) is 6.92 Å². The molecule has 0 spiro atoms. The number of nitrogens with one attached hydrogen (secondary N) is 2. The van der Waals surface area contributed by atoms with Crippen molar-refractivity contribution in [1.29, 1.82) is 0 Å². The van der Waals surface area contributed by atoms with E-state index in [1.807, 2.05) is 24.3 Å². The molecule has 0 aliphatic heterocycles. The molecular formula is C20H24N2O5S. The highest BCUT2D eigenvalue weighted by Crippen LogP contribution is 2.19. The van der Waals surface area contributed by atoms with Crippen LogP contribution in [0.2, 0.25) is 0 Å². The maximum atomic E-state index is 12.4. The zero-order valence-electron chi connectivity index (χ0n) is 15.7. The first-order valence-electron chi connectivity index (χ1n) is 9.33. The maximum absolute atomic E-state index is 12.4. The molecule has 0 unspecified atom stereocenters. The second-order valence-electron chi connectivity index (χ2n) is 6.93. The van der Waals surface area contributed by atoms with Crippen LogP contribution in [0, 0.1) is 0 Å². The number of benzene rings is 2. The molecule has 2 aromatic rings. The Hall–Kier alpha value is -2.45. The standard InChI is InChI=1S/C20H24N2O5S/c1-14(20(24)22-17-9-10-17)27-19(23)7-4-12-21-28(25,26)18-11-8-15-5-2-3-6-16(15)13-18/h2-3,5-6,8,11,13-14,17,21H,4,7,9-10,12H2,1H3,(H,22,24)/t14-/m1/s1. The largest absolute Gasteiger partial charge is 0.453 e. The van der Waals surface area contributed by atoms with E-state index >= 15 is 0 Å². The Bertz CT molecular complexity index is 969. The van der Waals surface area contributed by atoms with Gasteiger partial charge in [0.25, 0.3) is 5.91 Å². The summed E-state index contributed by atoms with van der Waals surface area (Å²) in [4.78, 5) is 23.8. The topological polar surface area (TPSA) is 102 Å². The molecule has 0 heterocycles. The van der Waals surface area contributed by atoms with Crippen LogP contribution < -0.4 is 10.0 Å². The summed E-state index contributed by atoms with van der Waals surface area (Å²) >= 11 is 0. The van der Waals surface area contributed by atoms with Crippen LogP contribution in [0.5, 0.6) is 0 Å². The molecular weight excluding hydrogens is 380 g/mol. The summed E-state index contributed by atoms with van der Waals surface area (Å²) in [5.74, 6) is -0.823. The Balaban J connectivity index is 1.44. The minimum absolute atomic E-state index is 0.0291. The normalized spacial score (nSPS) is 15.2. The third-order valence-electron chi connectivity index (χ3n) is 4.48. The van der Waals surface area contributed by atoms with Crippen LogP contribution in [0.1, 0.15) is 32.6 Å². The minimum Gasteiger partial charge on any atom is -0.453 e. The fourth-order valence-electron chi connectivity index (χ4n) is 2.71. The molecule has 1 amide bonds. The molecule has 0 aromatic heterocycles. The van der Waals surface area contributed by atoms with E-state index in [4.69, 9.17) is 4.74 Å². The van der Waals surface area contributed by atoms with Gasteiger partial charge in [0.05, 0.1) is 4.90 Å². The van der Waals surface area contributed by atoms with Crippen LogP contribution in [0.25, 0.3) is 10.8 Å². The second-order valence-corrected chi connectivity index (χ2v) is 8.69. The van der Waals surface area contributed by atoms with Gasteiger partial charge in [-0.3, -0.25) is 9.59 Å². The van der Waals surface area contributed by atoms with Crippen molar-refractivity contribution in [3.63, 3.8) is 0 Å². The average Bonchev–Trinajstić information content (AvgIpc) is 3.48. The number of fused-ring (bicyclic) bond motifs is 1. The number of sulfonamides is 1. The molecule has 0 radical (unpaired) electrons. The fourth-order valence-corrected chi connectivity index (χ4v) is 3.82. The molecule has 1 aliphatic carbocycles. The number of esters is 1. The quantitative estimate of drug-likeness (QED) is 0.492. The Morgan fingerprint density at radius 1 is 1.14 bits per heavy atom. The summed E-state index contributed by atoms with van der Waals surface area (Å²) in [6.07, 6.45) is 1.39. The van der Waals surface area contributed by atoms with Gasteiger partial charge in [-0.2, -0.15) is 0 Å². The van der Waals surface area contributed by atoms with Gasteiger partial charge in [0.2, 0.25) is 10.0 Å². The van der Waals surface area contributed by atoms with E-state index in [-0.39, 0.29) is 36.2 Å². The number of amides is 1. The smallest absolute Gasteiger partial charge is 0.306 e. The van der Waals surface area contributed by atoms with E-state index in [9.17, 15) is 18.0 Å². The Labute approximate surface area is 164 Å². The molecule has 3 rings (SSSR count). The third kappa shape index (κ3) is 5.53. The van der Waals surface area contributed by atoms with Crippen molar-refractivity contribution in [2.45, 2.75) is 49.6 Å². The number of carbonyl (C=O) groups excluding carboxylic acids is 2. The van der Waals surface area contributed by atoms with Crippen molar-refractivity contribution >= 4 is 32.7 Å². The van der Waals surface area contributed by atoms with Gasteiger partial charge in [-0.05, 0) is 49.1 Å². The van der Waals surface area contributed by atoms with E-state index in [1.54, 1.807) is 18.2 Å². The monoisotopic (exact) mass is 404 g/mol. The van der Waals surface area contributed by atoms with Gasteiger partial charge in [0.15, 0.2) is 6.10 Å². The summed E-state index contributed by atoms with van der Waals surface area (Å²) in [6, 6.07) is 12.6. The molecule has 150 valence electrons.